The highest BCUT2D eigenvalue weighted by molar-refractivity contribution is 7.85. The zero-order chi connectivity index (χ0) is 32.4. The normalized spacial score (nSPS) is 11.7. The van der Waals surface area contributed by atoms with Gasteiger partial charge in [0.05, 0.1) is 14.6 Å². The van der Waals surface area contributed by atoms with Gasteiger partial charge in [-0.2, -0.15) is 16.8 Å². The number of Topliss-reactive ketones (excluding diaryl/α,β-unsaturated/α-hetero) is 1. The maximum atomic E-state index is 12.3. The smallest absolute Gasteiger partial charge is 0.403 e. The molecule has 3 aromatic carbocycles. The van der Waals surface area contributed by atoms with E-state index in [1.54, 1.807) is 23.1 Å². The van der Waals surface area contributed by atoms with Crippen molar-refractivity contribution in [2.75, 3.05) is 0 Å². The van der Waals surface area contributed by atoms with E-state index in [2.05, 4.69) is 13.6 Å². The lowest BCUT2D eigenvalue weighted by atomic mass is 9.96. The maximum absolute atomic E-state index is 12.3. The highest BCUT2D eigenvalue weighted by Crippen LogP contribution is 2.38. The fourth-order valence-corrected chi connectivity index (χ4v) is 3.59. The Labute approximate surface area is 241 Å². The molecule has 0 bridgehead atoms. The molecular formula is C23H16N6O12S2. The molecule has 0 spiro atoms. The summed E-state index contributed by atoms with van der Waals surface area (Å²) < 4.78 is 57.5. The molecule has 0 radical (unpaired) electrons. The molecule has 1 aliphatic rings. The minimum atomic E-state index is -4.47. The SMILES string of the molecule is O=C1C=Cc2ccccc2C1=O.[N-]=[N+]=NS(=O)(=O)O.[N-]=[N+]=NS(=O)(=O)Oc1ccc(C(=O)c2ccc(O)c(O)c2O)cc1. The summed E-state index contributed by atoms with van der Waals surface area (Å²) >= 11 is 0. The van der Waals surface area contributed by atoms with Crippen molar-refractivity contribution in [2.24, 2.45) is 9.04 Å². The van der Waals surface area contributed by atoms with Gasteiger partial charge in [-0.15, -0.1) is 0 Å². The number of benzene rings is 3. The second kappa shape index (κ2) is 14.1. The minimum Gasteiger partial charge on any atom is -0.504 e. The number of phenolic OH excluding ortho intramolecular Hbond substituents is 3. The van der Waals surface area contributed by atoms with E-state index in [4.69, 9.17) is 15.6 Å². The lowest BCUT2D eigenvalue weighted by Crippen LogP contribution is -2.15. The Morgan fingerprint density at radius 3 is 1.95 bits per heavy atom. The average molecular weight is 633 g/mol. The zero-order valence-corrected chi connectivity index (χ0v) is 22.6. The summed E-state index contributed by atoms with van der Waals surface area (Å²) in [5, 5.41) is 28.4. The van der Waals surface area contributed by atoms with E-state index in [1.807, 2.05) is 16.7 Å². The topological polar surface area (TPSA) is 307 Å². The van der Waals surface area contributed by atoms with E-state index >= 15 is 0 Å². The molecule has 222 valence electrons. The fraction of sp³-hybridized carbons (Fsp3) is 0. The van der Waals surface area contributed by atoms with Gasteiger partial charge in [-0.1, -0.05) is 30.3 Å². The van der Waals surface area contributed by atoms with Crippen LogP contribution in [0.4, 0.5) is 0 Å². The van der Waals surface area contributed by atoms with E-state index in [0.29, 0.717) is 5.56 Å². The monoisotopic (exact) mass is 632 g/mol. The van der Waals surface area contributed by atoms with Crippen LogP contribution in [0.3, 0.4) is 0 Å². The number of rotatable bonds is 6. The van der Waals surface area contributed by atoms with Gasteiger partial charge in [0.2, 0.25) is 17.3 Å². The van der Waals surface area contributed by atoms with Gasteiger partial charge < -0.3 is 19.5 Å². The second-order valence-electron chi connectivity index (χ2n) is 7.60. The highest BCUT2D eigenvalue weighted by atomic mass is 32.2. The van der Waals surface area contributed by atoms with Crippen LogP contribution in [0.2, 0.25) is 0 Å². The number of azide groups is 2. The molecule has 43 heavy (non-hydrogen) atoms. The number of hydrogen-bond donors (Lipinski definition) is 4. The standard InChI is InChI=1S/C13H9N3O7S.C10H6O2.HN3O3S/c14-15-16-24(21,22)23-8-3-1-7(2-4-8)11(18)9-5-6-10(17)13(20)12(9)19;11-9-6-5-7-3-1-2-4-8(7)10(9)12;1-2-3-7(4,5)6/h1-6,17,19-20H;1-6H;(H,4,5,6). The molecule has 0 aromatic heterocycles. The summed E-state index contributed by atoms with van der Waals surface area (Å²) in [6, 6.07) is 13.9. The first kappa shape index (κ1) is 33.3. The molecule has 0 saturated heterocycles. The van der Waals surface area contributed by atoms with Gasteiger partial charge in [-0.05, 0) is 59.1 Å². The molecule has 0 unspecified atom stereocenters. The van der Waals surface area contributed by atoms with E-state index in [9.17, 15) is 46.5 Å². The number of hydrogen-bond acceptors (Lipinski definition) is 11. The van der Waals surface area contributed by atoms with E-state index in [0.717, 1.165) is 29.8 Å². The third-order valence-corrected chi connectivity index (χ3v) is 5.77. The van der Waals surface area contributed by atoms with Crippen molar-refractivity contribution in [2.45, 2.75) is 0 Å². The Morgan fingerprint density at radius 2 is 1.40 bits per heavy atom. The van der Waals surface area contributed by atoms with Crippen LogP contribution in [0.1, 0.15) is 31.8 Å². The van der Waals surface area contributed by atoms with Crippen LogP contribution >= 0.6 is 0 Å². The molecule has 1 aliphatic carbocycles. The van der Waals surface area contributed by atoms with E-state index in [1.165, 1.54) is 18.2 Å². The lowest BCUT2D eigenvalue weighted by Gasteiger charge is -2.07. The van der Waals surface area contributed by atoms with Gasteiger partial charge in [0, 0.05) is 21.0 Å². The Kier molecular flexibility index (Phi) is 10.9. The Hall–Kier alpha value is -5.91. The molecule has 4 rings (SSSR count). The number of phenols is 3. The lowest BCUT2D eigenvalue weighted by molar-refractivity contribution is -0.110. The van der Waals surface area contributed by atoms with Crippen LogP contribution in [0.5, 0.6) is 23.0 Å². The molecule has 0 aliphatic heterocycles. The fourth-order valence-electron chi connectivity index (χ4n) is 3.02. The molecule has 18 nitrogen and oxygen atoms in total. The Morgan fingerprint density at radius 1 is 0.791 bits per heavy atom. The van der Waals surface area contributed by atoms with Crippen molar-refractivity contribution < 1.29 is 55.3 Å². The zero-order valence-electron chi connectivity index (χ0n) is 21.0. The van der Waals surface area contributed by atoms with Crippen molar-refractivity contribution in [1.29, 1.82) is 0 Å². The highest BCUT2D eigenvalue weighted by Gasteiger charge is 2.20. The summed E-state index contributed by atoms with van der Waals surface area (Å²) in [7, 11) is -8.93. The average Bonchev–Trinajstić information content (AvgIpc) is 2.94. The van der Waals surface area contributed by atoms with Crippen molar-refractivity contribution in [3.63, 3.8) is 0 Å². The van der Waals surface area contributed by atoms with Crippen LogP contribution in [-0.4, -0.2) is 54.1 Å². The third-order valence-electron chi connectivity index (χ3n) is 4.81. The predicted molar refractivity (Wildman–Crippen MR) is 146 cm³/mol. The number of aromatic hydroxyl groups is 3. The first-order valence-corrected chi connectivity index (χ1v) is 13.7. The number of allylic oxidation sites excluding steroid dienone is 1. The quantitative estimate of drug-likeness (QED) is 0.0576. The molecule has 0 heterocycles. The molecule has 0 atom stereocenters. The molecule has 0 amide bonds. The largest absolute Gasteiger partial charge is 0.504 e. The van der Waals surface area contributed by atoms with Crippen molar-refractivity contribution in [3.8, 4) is 23.0 Å². The molecule has 0 fully saturated rings. The summed E-state index contributed by atoms with van der Waals surface area (Å²) in [6.45, 7) is 0. The van der Waals surface area contributed by atoms with Crippen molar-refractivity contribution >= 4 is 44.0 Å². The van der Waals surface area contributed by atoms with Crippen molar-refractivity contribution in [3.05, 3.63) is 110 Å². The molecular weight excluding hydrogens is 616 g/mol. The summed E-state index contributed by atoms with van der Waals surface area (Å²) in [5.74, 6) is -3.94. The summed E-state index contributed by atoms with van der Waals surface area (Å²) in [5.41, 5.74) is 16.5. The van der Waals surface area contributed by atoms with Crippen LogP contribution in [-0.2, 0) is 25.4 Å². The van der Waals surface area contributed by atoms with Gasteiger partial charge in [-0.3, -0.25) is 18.9 Å². The number of ketones is 3. The molecule has 3 aromatic rings. The second-order valence-corrected chi connectivity index (χ2v) is 9.84. The first-order chi connectivity index (χ1) is 20.1. The first-order valence-electron chi connectivity index (χ1n) is 10.9. The van der Waals surface area contributed by atoms with Crippen LogP contribution in [0.15, 0.2) is 75.8 Å². The number of carbonyl (C=O) groups excluding carboxylic acids is 3. The number of fused-ring (bicyclic) bond motifs is 1. The Balaban J connectivity index is 0.000000279. The van der Waals surface area contributed by atoms with Gasteiger partial charge in [0.1, 0.15) is 5.75 Å². The molecule has 0 saturated carbocycles. The van der Waals surface area contributed by atoms with Gasteiger partial charge in [0.25, 0.3) is 0 Å². The summed E-state index contributed by atoms with van der Waals surface area (Å²) in [4.78, 5) is 38.3. The predicted octanol–water partition coefficient (Wildman–Crippen LogP) is 3.53. The van der Waals surface area contributed by atoms with Crippen LogP contribution in [0.25, 0.3) is 27.0 Å². The van der Waals surface area contributed by atoms with Crippen LogP contribution < -0.4 is 4.18 Å². The van der Waals surface area contributed by atoms with E-state index in [-0.39, 0.29) is 16.9 Å². The third kappa shape index (κ3) is 9.60. The number of nitrogens with zero attached hydrogens (tertiary/aromatic N) is 6. The van der Waals surface area contributed by atoms with Gasteiger partial charge in [-0.25, -0.2) is 0 Å². The van der Waals surface area contributed by atoms with E-state index < -0.39 is 55.2 Å². The van der Waals surface area contributed by atoms with Crippen LogP contribution in [0, 0.1) is 0 Å². The van der Waals surface area contributed by atoms with Gasteiger partial charge in [0.15, 0.2) is 17.3 Å². The molecule has 20 heteroatoms. The maximum Gasteiger partial charge on any atom is 0.403 e. The molecule has 4 N–H and O–H groups in total. The number of carbonyl (C=O) groups is 3. The van der Waals surface area contributed by atoms with Gasteiger partial charge >= 0.3 is 20.6 Å². The summed E-state index contributed by atoms with van der Waals surface area (Å²) in [6.07, 6.45) is 2.98. The van der Waals surface area contributed by atoms with Crippen molar-refractivity contribution in [1.82, 2.24) is 0 Å². The Bertz CT molecular complexity index is 1930. The minimum absolute atomic E-state index is 0.0453.